The van der Waals surface area contributed by atoms with E-state index in [1.165, 1.54) is 9.47 Å². The molecule has 168 valence electrons. The van der Waals surface area contributed by atoms with Crippen molar-refractivity contribution in [1.29, 1.82) is 0 Å². The lowest BCUT2D eigenvalue weighted by Gasteiger charge is -2.58. The van der Waals surface area contributed by atoms with E-state index < -0.39 is 35.2 Å². The highest BCUT2D eigenvalue weighted by molar-refractivity contribution is 5.84. The van der Waals surface area contributed by atoms with E-state index in [2.05, 4.69) is 4.98 Å². The third-order valence-corrected chi connectivity index (χ3v) is 6.59. The zero-order valence-electron chi connectivity index (χ0n) is 16.6. The van der Waals surface area contributed by atoms with Crippen LogP contribution in [0.4, 0.5) is 27.9 Å². The molecule has 6 nitrogen and oxygen atoms in total. The topological polar surface area (TPSA) is 67.4 Å². The Hall–Kier alpha value is -2.43. The highest BCUT2D eigenvalue weighted by Gasteiger charge is 2.62. The molecule has 3 fully saturated rings. The molecule has 1 aromatic heterocycles. The van der Waals surface area contributed by atoms with Crippen molar-refractivity contribution in [2.45, 2.75) is 43.9 Å². The number of fused-ring (bicyclic) bond motifs is 1. The van der Waals surface area contributed by atoms with Crippen LogP contribution >= 0.6 is 0 Å². The average Bonchev–Trinajstić information content (AvgIpc) is 2.97. The van der Waals surface area contributed by atoms with Crippen LogP contribution in [0.5, 0.6) is 0 Å². The number of benzene rings is 1. The number of amides is 1. The summed E-state index contributed by atoms with van der Waals surface area (Å²) < 4.78 is 69.4. The molecule has 1 spiro atoms. The lowest BCUT2D eigenvalue weighted by atomic mass is 9.61. The van der Waals surface area contributed by atoms with Crippen molar-refractivity contribution in [2.24, 2.45) is 11.1 Å². The number of anilines is 1. The first-order valence-electron chi connectivity index (χ1n) is 10.2. The minimum atomic E-state index is -2.66. The van der Waals surface area contributed by atoms with Crippen molar-refractivity contribution in [3.8, 4) is 0 Å². The van der Waals surface area contributed by atoms with Crippen LogP contribution in [0.1, 0.15) is 19.3 Å². The first kappa shape index (κ1) is 20.5. The molecule has 2 N–H and O–H groups in total. The van der Waals surface area contributed by atoms with Crippen LogP contribution in [0.3, 0.4) is 0 Å². The van der Waals surface area contributed by atoms with Crippen LogP contribution < -0.4 is 10.6 Å². The van der Waals surface area contributed by atoms with Gasteiger partial charge in [-0.15, -0.1) is 0 Å². The van der Waals surface area contributed by atoms with Gasteiger partial charge in [-0.3, -0.25) is 4.79 Å². The van der Waals surface area contributed by atoms with Gasteiger partial charge in [-0.2, -0.15) is 0 Å². The summed E-state index contributed by atoms with van der Waals surface area (Å²) in [7, 11) is 0. The Kier molecular flexibility index (Phi) is 4.48. The number of carbonyl (C=O) groups is 1. The minimum Gasteiger partial charge on any atom is -0.340 e. The first-order chi connectivity index (χ1) is 14.6. The second kappa shape index (κ2) is 6.78. The number of hydrogen-bond acceptors (Lipinski definition) is 4. The fourth-order valence-corrected chi connectivity index (χ4v) is 5.08. The third kappa shape index (κ3) is 3.42. The van der Waals surface area contributed by atoms with Gasteiger partial charge in [0.15, 0.2) is 11.6 Å². The van der Waals surface area contributed by atoms with Gasteiger partial charge in [-0.25, -0.2) is 26.9 Å². The van der Waals surface area contributed by atoms with Gasteiger partial charge in [0.25, 0.3) is 0 Å². The second-order valence-electron chi connectivity index (χ2n) is 9.13. The molecule has 31 heavy (non-hydrogen) atoms. The maximum absolute atomic E-state index is 13.9. The summed E-state index contributed by atoms with van der Waals surface area (Å²) in [5, 5.41) is 0. The van der Waals surface area contributed by atoms with Gasteiger partial charge in [0.05, 0.1) is 17.1 Å². The fraction of sp³-hybridized carbons (Fsp3) is 0.600. The van der Waals surface area contributed by atoms with Crippen LogP contribution in [-0.2, 0) is 11.3 Å². The Morgan fingerprint density at radius 1 is 1.19 bits per heavy atom. The molecule has 11 heteroatoms. The van der Waals surface area contributed by atoms with E-state index in [0.717, 1.165) is 12.1 Å². The molecule has 0 bridgehead atoms. The summed E-state index contributed by atoms with van der Waals surface area (Å²) in [4.78, 5) is 20.4. The van der Waals surface area contributed by atoms with E-state index >= 15 is 0 Å². The summed E-state index contributed by atoms with van der Waals surface area (Å²) in [6.07, 6.45) is -1.43. The van der Waals surface area contributed by atoms with Crippen molar-refractivity contribution in [2.75, 3.05) is 31.1 Å². The number of aromatic nitrogens is 2. The van der Waals surface area contributed by atoms with Gasteiger partial charge >= 0.3 is 0 Å². The van der Waals surface area contributed by atoms with E-state index in [4.69, 9.17) is 5.73 Å². The molecule has 3 aliphatic rings. The van der Waals surface area contributed by atoms with Crippen LogP contribution in [0.15, 0.2) is 12.1 Å². The van der Waals surface area contributed by atoms with Crippen molar-refractivity contribution < 1.29 is 26.7 Å². The zero-order valence-corrected chi connectivity index (χ0v) is 16.6. The predicted molar refractivity (Wildman–Crippen MR) is 103 cm³/mol. The molecule has 5 rings (SSSR count). The molecule has 0 unspecified atom stereocenters. The lowest BCUT2D eigenvalue weighted by Crippen LogP contribution is -2.67. The molecule has 1 aliphatic carbocycles. The molecule has 2 saturated heterocycles. The number of imidazole rings is 1. The Bertz CT molecular complexity index is 1040. The largest absolute Gasteiger partial charge is 0.340 e. The number of halogens is 5. The van der Waals surface area contributed by atoms with Crippen LogP contribution in [-0.4, -0.2) is 64.7 Å². The maximum atomic E-state index is 13.9. The zero-order chi connectivity index (χ0) is 22.1. The van der Waals surface area contributed by atoms with E-state index in [1.54, 1.807) is 4.90 Å². The predicted octanol–water partition coefficient (Wildman–Crippen LogP) is 2.45. The lowest BCUT2D eigenvalue weighted by molar-refractivity contribution is -0.214. The monoisotopic (exact) mass is 443 g/mol. The van der Waals surface area contributed by atoms with E-state index in [9.17, 15) is 26.7 Å². The normalized spacial score (nSPS) is 26.8. The van der Waals surface area contributed by atoms with Gasteiger partial charge in [0.1, 0.15) is 12.7 Å². The SMILES string of the molecule is N[C@@H]1CN(c2nc3cc(F)c(F)cc3n2CC(=O)N2CC3(C2)CC(F)(F)C3)CC[C@H]1F. The molecule has 2 aliphatic heterocycles. The van der Waals surface area contributed by atoms with Crippen LogP contribution in [0, 0.1) is 17.0 Å². The number of nitrogens with zero attached hydrogens (tertiary/aromatic N) is 4. The van der Waals surface area contributed by atoms with Gasteiger partial charge in [0, 0.05) is 56.6 Å². The summed E-state index contributed by atoms with van der Waals surface area (Å²) in [5.74, 6) is -4.85. The third-order valence-electron chi connectivity index (χ3n) is 6.59. The summed E-state index contributed by atoms with van der Waals surface area (Å²) in [6.45, 7) is 0.730. The summed E-state index contributed by atoms with van der Waals surface area (Å²) in [6, 6.07) is 1.17. The molecule has 2 atom stereocenters. The van der Waals surface area contributed by atoms with Crippen LogP contribution in [0.2, 0.25) is 0 Å². The fourth-order valence-electron chi connectivity index (χ4n) is 5.08. The number of nitrogens with two attached hydrogens (primary N) is 1. The number of carbonyl (C=O) groups excluding carboxylic acids is 1. The highest BCUT2D eigenvalue weighted by Crippen LogP contribution is 2.56. The molecule has 3 heterocycles. The first-order valence-corrected chi connectivity index (χ1v) is 10.2. The van der Waals surface area contributed by atoms with E-state index in [1.807, 2.05) is 0 Å². The van der Waals surface area contributed by atoms with Crippen molar-refractivity contribution in [1.82, 2.24) is 14.5 Å². The Morgan fingerprint density at radius 3 is 2.52 bits per heavy atom. The minimum absolute atomic E-state index is 0.144. The summed E-state index contributed by atoms with van der Waals surface area (Å²) in [5.41, 5.74) is 5.72. The van der Waals surface area contributed by atoms with E-state index in [-0.39, 0.29) is 68.3 Å². The number of likely N-dealkylation sites (tertiary alicyclic amines) is 1. The smallest absolute Gasteiger partial charge is 0.249 e. The quantitative estimate of drug-likeness (QED) is 0.741. The van der Waals surface area contributed by atoms with E-state index in [0.29, 0.717) is 6.54 Å². The number of hydrogen-bond donors (Lipinski definition) is 1. The molecule has 1 saturated carbocycles. The summed E-state index contributed by atoms with van der Waals surface area (Å²) >= 11 is 0. The highest BCUT2D eigenvalue weighted by atomic mass is 19.3. The van der Waals surface area contributed by atoms with Crippen molar-refractivity contribution >= 4 is 22.9 Å². The number of alkyl halides is 3. The number of rotatable bonds is 3. The van der Waals surface area contributed by atoms with Gasteiger partial charge in [-0.05, 0) is 6.42 Å². The van der Waals surface area contributed by atoms with Gasteiger partial charge < -0.3 is 20.1 Å². The Balaban J connectivity index is 1.41. The van der Waals surface area contributed by atoms with Gasteiger partial charge in [0.2, 0.25) is 17.8 Å². The van der Waals surface area contributed by atoms with Crippen LogP contribution in [0.25, 0.3) is 11.0 Å². The maximum Gasteiger partial charge on any atom is 0.249 e. The second-order valence-corrected chi connectivity index (χ2v) is 9.13. The molecule has 0 radical (unpaired) electrons. The molecular weight excluding hydrogens is 421 g/mol. The van der Waals surface area contributed by atoms with Crippen molar-refractivity contribution in [3.63, 3.8) is 0 Å². The molecular formula is C20H22F5N5O. The van der Waals surface area contributed by atoms with Gasteiger partial charge in [-0.1, -0.05) is 0 Å². The molecule has 2 aromatic rings. The van der Waals surface area contributed by atoms with Crippen molar-refractivity contribution in [3.05, 3.63) is 23.8 Å². The Labute approximate surface area is 174 Å². The molecule has 1 aromatic carbocycles. The Morgan fingerprint density at radius 2 is 1.87 bits per heavy atom. The molecule has 1 amide bonds. The number of piperidine rings is 1. The average molecular weight is 443 g/mol. The standard InChI is InChI=1S/C20H22F5N5O/c21-11-1-2-28(5-14(11)26)18-27-15-3-12(22)13(23)4-16(15)30(18)6-17(31)29-9-19(10-29)7-20(24,25)8-19/h3-4,11,14H,1-2,5-10,26H2/t11-,14-/m1/s1.